The lowest BCUT2D eigenvalue weighted by molar-refractivity contribution is -0.127. The summed E-state index contributed by atoms with van der Waals surface area (Å²) in [5, 5.41) is 5.18. The lowest BCUT2D eigenvalue weighted by Gasteiger charge is -2.12. The Hall–Kier alpha value is -4.33. The maximum Gasteiger partial charge on any atom is 0.329 e. The highest BCUT2D eigenvalue weighted by atomic mass is 16.5. The zero-order valence-corrected chi connectivity index (χ0v) is 16.7. The van der Waals surface area contributed by atoms with Gasteiger partial charge in [-0.2, -0.15) is 0 Å². The van der Waals surface area contributed by atoms with Crippen LogP contribution in [0, 0.1) is 0 Å². The van der Waals surface area contributed by atoms with E-state index < -0.39 is 17.8 Å². The first-order chi connectivity index (χ1) is 15.0. The van der Waals surface area contributed by atoms with Crippen molar-refractivity contribution in [1.82, 2.24) is 14.8 Å². The highest BCUT2D eigenvalue weighted by Crippen LogP contribution is 2.18. The van der Waals surface area contributed by atoms with Gasteiger partial charge in [-0.15, -0.1) is 0 Å². The van der Waals surface area contributed by atoms with E-state index in [1.165, 1.54) is 0 Å². The predicted molar refractivity (Wildman–Crippen MR) is 116 cm³/mol. The Labute approximate surface area is 178 Å². The molecule has 0 aliphatic carbocycles. The van der Waals surface area contributed by atoms with Gasteiger partial charge >= 0.3 is 6.03 Å². The largest absolute Gasteiger partial charge is 0.497 e. The SMILES string of the molecule is COc1ccc(NC(=O)CN2C(=O)N/C(=C/c3ccn(-c4ccccc4)c3)C2=O)cc1. The second-order valence-electron chi connectivity index (χ2n) is 6.84. The molecular weight excluding hydrogens is 396 g/mol. The summed E-state index contributed by atoms with van der Waals surface area (Å²) in [5.41, 5.74) is 2.38. The van der Waals surface area contributed by atoms with Crippen molar-refractivity contribution < 1.29 is 19.1 Å². The average Bonchev–Trinajstić information content (AvgIpc) is 3.35. The first kappa shape index (κ1) is 20.0. The van der Waals surface area contributed by atoms with Gasteiger partial charge in [-0.25, -0.2) is 9.69 Å². The van der Waals surface area contributed by atoms with Crippen molar-refractivity contribution in [3.63, 3.8) is 0 Å². The molecule has 4 rings (SSSR count). The van der Waals surface area contributed by atoms with Crippen LogP contribution in [-0.4, -0.2) is 41.0 Å². The lowest BCUT2D eigenvalue weighted by atomic mass is 10.2. The summed E-state index contributed by atoms with van der Waals surface area (Å²) in [5.74, 6) is -0.379. The molecule has 1 saturated heterocycles. The smallest absolute Gasteiger partial charge is 0.329 e. The van der Waals surface area contributed by atoms with Gasteiger partial charge in [0.05, 0.1) is 7.11 Å². The number of para-hydroxylation sites is 1. The molecule has 156 valence electrons. The number of hydrogen-bond donors (Lipinski definition) is 2. The Morgan fingerprint density at radius 2 is 1.81 bits per heavy atom. The van der Waals surface area contributed by atoms with E-state index in [1.807, 2.05) is 53.4 Å². The minimum absolute atomic E-state index is 0.119. The van der Waals surface area contributed by atoms with E-state index in [0.717, 1.165) is 16.2 Å². The van der Waals surface area contributed by atoms with E-state index in [4.69, 9.17) is 4.74 Å². The van der Waals surface area contributed by atoms with E-state index in [2.05, 4.69) is 10.6 Å². The summed E-state index contributed by atoms with van der Waals surface area (Å²) in [6.45, 7) is -0.390. The van der Waals surface area contributed by atoms with Crippen molar-refractivity contribution in [2.75, 3.05) is 19.0 Å². The average molecular weight is 416 g/mol. The van der Waals surface area contributed by atoms with E-state index in [0.29, 0.717) is 11.4 Å². The maximum absolute atomic E-state index is 12.6. The normalized spacial score (nSPS) is 14.6. The summed E-state index contributed by atoms with van der Waals surface area (Å²) >= 11 is 0. The number of carbonyl (C=O) groups excluding carboxylic acids is 3. The fourth-order valence-corrected chi connectivity index (χ4v) is 3.16. The third kappa shape index (κ3) is 4.48. The van der Waals surface area contributed by atoms with Crippen LogP contribution in [0.1, 0.15) is 5.56 Å². The highest BCUT2D eigenvalue weighted by molar-refractivity contribution is 6.15. The topological polar surface area (TPSA) is 92.7 Å². The number of benzene rings is 2. The van der Waals surface area contributed by atoms with Crippen LogP contribution in [0.15, 0.2) is 78.8 Å². The van der Waals surface area contributed by atoms with Gasteiger partial charge in [0.25, 0.3) is 5.91 Å². The molecule has 2 aromatic carbocycles. The molecule has 1 aromatic heterocycles. The molecule has 31 heavy (non-hydrogen) atoms. The number of anilines is 1. The number of nitrogens with zero attached hydrogens (tertiary/aromatic N) is 2. The number of carbonyl (C=O) groups is 3. The molecule has 1 aliphatic rings. The predicted octanol–water partition coefficient (Wildman–Crippen LogP) is 3.02. The quantitative estimate of drug-likeness (QED) is 0.477. The van der Waals surface area contributed by atoms with Gasteiger partial charge in [0, 0.05) is 23.8 Å². The van der Waals surface area contributed by atoms with Crippen molar-refractivity contribution in [2.24, 2.45) is 0 Å². The zero-order chi connectivity index (χ0) is 21.8. The van der Waals surface area contributed by atoms with E-state index in [-0.39, 0.29) is 12.2 Å². The van der Waals surface area contributed by atoms with E-state index in [1.54, 1.807) is 37.5 Å². The number of rotatable bonds is 6. The van der Waals surface area contributed by atoms with Gasteiger partial charge in [-0.1, -0.05) is 18.2 Å². The van der Waals surface area contributed by atoms with Crippen molar-refractivity contribution >= 4 is 29.6 Å². The Kier molecular flexibility index (Phi) is 5.53. The Balaban J connectivity index is 1.42. The second-order valence-corrected chi connectivity index (χ2v) is 6.84. The van der Waals surface area contributed by atoms with Crippen LogP contribution in [0.3, 0.4) is 0 Å². The summed E-state index contributed by atoms with van der Waals surface area (Å²) in [6.07, 6.45) is 5.30. The van der Waals surface area contributed by atoms with E-state index in [9.17, 15) is 14.4 Å². The number of hydrogen-bond acceptors (Lipinski definition) is 4. The molecule has 0 saturated carbocycles. The van der Waals surface area contributed by atoms with Gasteiger partial charge in [0.1, 0.15) is 18.0 Å². The number of urea groups is 1. The second kappa shape index (κ2) is 8.58. The molecule has 0 radical (unpaired) electrons. The van der Waals surface area contributed by atoms with Crippen LogP contribution in [0.5, 0.6) is 5.75 Å². The fourth-order valence-electron chi connectivity index (χ4n) is 3.16. The van der Waals surface area contributed by atoms with Gasteiger partial charge in [-0.3, -0.25) is 9.59 Å². The van der Waals surface area contributed by atoms with Crippen molar-refractivity contribution in [1.29, 1.82) is 0 Å². The molecule has 1 aliphatic heterocycles. The lowest BCUT2D eigenvalue weighted by Crippen LogP contribution is -2.38. The van der Waals surface area contributed by atoms with Gasteiger partial charge in [0.2, 0.25) is 5.91 Å². The molecule has 1 fully saturated rings. The minimum Gasteiger partial charge on any atom is -0.497 e. The molecular formula is C23H20N4O4. The molecule has 0 unspecified atom stereocenters. The van der Waals surface area contributed by atoms with Crippen molar-refractivity contribution in [3.05, 3.63) is 84.3 Å². The third-order valence-corrected chi connectivity index (χ3v) is 4.72. The third-order valence-electron chi connectivity index (χ3n) is 4.72. The summed E-state index contributed by atoms with van der Waals surface area (Å²) in [4.78, 5) is 38.0. The molecule has 0 spiro atoms. The van der Waals surface area contributed by atoms with Crippen LogP contribution in [0.25, 0.3) is 11.8 Å². The number of amides is 4. The summed E-state index contributed by atoms with van der Waals surface area (Å²) in [6, 6.07) is 17.7. The monoisotopic (exact) mass is 416 g/mol. The standard InChI is InChI=1S/C23H20N4O4/c1-31-19-9-7-17(8-10-19)24-21(28)15-27-22(29)20(25-23(27)30)13-16-11-12-26(14-16)18-5-3-2-4-6-18/h2-14H,15H2,1H3,(H,24,28)(H,25,30)/b20-13+. The van der Waals surface area contributed by atoms with Crippen LogP contribution >= 0.6 is 0 Å². The Bertz CT molecular complexity index is 1150. The Morgan fingerprint density at radius 3 is 2.52 bits per heavy atom. The first-order valence-corrected chi connectivity index (χ1v) is 9.55. The number of nitrogens with one attached hydrogen (secondary N) is 2. The molecule has 2 N–H and O–H groups in total. The maximum atomic E-state index is 12.6. The fraction of sp³-hybridized carbons (Fsp3) is 0.0870. The number of aromatic nitrogens is 1. The van der Waals surface area contributed by atoms with Crippen molar-refractivity contribution in [3.8, 4) is 11.4 Å². The van der Waals surface area contributed by atoms with E-state index >= 15 is 0 Å². The highest BCUT2D eigenvalue weighted by Gasteiger charge is 2.34. The minimum atomic E-state index is -0.636. The molecule has 4 amide bonds. The Morgan fingerprint density at radius 1 is 1.06 bits per heavy atom. The molecule has 0 bridgehead atoms. The molecule has 8 heteroatoms. The van der Waals surface area contributed by atoms with Crippen molar-refractivity contribution in [2.45, 2.75) is 0 Å². The summed E-state index contributed by atoms with van der Waals surface area (Å²) < 4.78 is 6.98. The number of imide groups is 1. The van der Waals surface area contributed by atoms with Crippen LogP contribution in [0.4, 0.5) is 10.5 Å². The zero-order valence-electron chi connectivity index (χ0n) is 16.7. The van der Waals surface area contributed by atoms with Gasteiger partial charge in [0.15, 0.2) is 0 Å². The van der Waals surface area contributed by atoms with Gasteiger partial charge in [-0.05, 0) is 54.1 Å². The van der Waals surface area contributed by atoms with Crippen LogP contribution < -0.4 is 15.4 Å². The first-order valence-electron chi connectivity index (χ1n) is 9.55. The number of ether oxygens (including phenoxy) is 1. The number of methoxy groups -OCH3 is 1. The van der Waals surface area contributed by atoms with Crippen LogP contribution in [0.2, 0.25) is 0 Å². The molecule has 3 aromatic rings. The van der Waals surface area contributed by atoms with Crippen LogP contribution in [-0.2, 0) is 9.59 Å². The molecule has 8 nitrogen and oxygen atoms in total. The van der Waals surface area contributed by atoms with Gasteiger partial charge < -0.3 is 19.9 Å². The molecule has 0 atom stereocenters. The summed E-state index contributed by atoms with van der Waals surface area (Å²) in [7, 11) is 1.55. The molecule has 2 heterocycles.